The highest BCUT2D eigenvalue weighted by Gasteiger charge is 2.13. The minimum absolute atomic E-state index is 0.116. The average molecular weight is 395 g/mol. The Kier molecular flexibility index (Phi) is 4.82. The van der Waals surface area contributed by atoms with Gasteiger partial charge in [0.2, 0.25) is 0 Å². The Morgan fingerprint density at radius 3 is 1.40 bits per heavy atom. The fraction of sp³-hybridized carbons (Fsp3) is 0.235. The molecule has 0 saturated carbocycles. The molecule has 2 aromatic carbocycles. The molecule has 2 rings (SSSR count). The molecule has 0 heterocycles. The van der Waals surface area contributed by atoms with Crippen LogP contribution >= 0.6 is 31.9 Å². The SMILES string of the molecule is CC(C)(C)N=C(c1ccc(Br)cc1)c1ccc(Br)cc1. The normalized spacial score (nSPS) is 11.2. The number of nitrogens with zero attached hydrogens (tertiary/aromatic N) is 1. The van der Waals surface area contributed by atoms with Crippen LogP contribution in [0, 0.1) is 0 Å². The molecule has 0 bridgehead atoms. The van der Waals surface area contributed by atoms with Crippen molar-refractivity contribution >= 4 is 37.6 Å². The highest BCUT2D eigenvalue weighted by atomic mass is 79.9. The predicted octanol–water partition coefficient (Wildman–Crippen LogP) is 5.85. The summed E-state index contributed by atoms with van der Waals surface area (Å²) in [6, 6.07) is 16.6. The van der Waals surface area contributed by atoms with Gasteiger partial charge in [0.25, 0.3) is 0 Å². The molecule has 0 amide bonds. The topological polar surface area (TPSA) is 12.4 Å². The molecule has 0 aromatic heterocycles. The fourth-order valence-electron chi connectivity index (χ4n) is 1.85. The van der Waals surface area contributed by atoms with E-state index in [1.54, 1.807) is 0 Å². The number of benzene rings is 2. The van der Waals surface area contributed by atoms with Gasteiger partial charge in [0.15, 0.2) is 0 Å². The molecule has 20 heavy (non-hydrogen) atoms. The second-order valence-corrected chi connectivity index (χ2v) is 7.48. The van der Waals surface area contributed by atoms with E-state index in [9.17, 15) is 0 Å². The monoisotopic (exact) mass is 393 g/mol. The first-order valence-electron chi connectivity index (χ1n) is 6.47. The van der Waals surface area contributed by atoms with Gasteiger partial charge in [-0.3, -0.25) is 4.99 Å². The van der Waals surface area contributed by atoms with Gasteiger partial charge in [0.05, 0.1) is 11.3 Å². The minimum atomic E-state index is -0.116. The van der Waals surface area contributed by atoms with Crippen LogP contribution in [0.2, 0.25) is 0 Å². The van der Waals surface area contributed by atoms with E-state index in [1.165, 1.54) is 0 Å². The Bertz CT molecular complexity index is 557. The van der Waals surface area contributed by atoms with Crippen LogP contribution in [0.4, 0.5) is 0 Å². The molecule has 0 N–H and O–H groups in total. The summed E-state index contributed by atoms with van der Waals surface area (Å²) in [5.74, 6) is 0. The van der Waals surface area contributed by atoms with Gasteiger partial charge in [0.1, 0.15) is 0 Å². The quantitative estimate of drug-likeness (QED) is 0.566. The highest BCUT2D eigenvalue weighted by molar-refractivity contribution is 9.10. The zero-order valence-electron chi connectivity index (χ0n) is 11.8. The maximum Gasteiger partial charge on any atom is 0.0725 e. The standard InChI is InChI=1S/C17H17Br2N/c1-17(2,3)20-16(12-4-8-14(18)9-5-12)13-6-10-15(19)11-7-13/h4-11H,1-3H3. The number of hydrogen-bond acceptors (Lipinski definition) is 1. The average Bonchev–Trinajstić information content (AvgIpc) is 2.37. The minimum Gasteiger partial charge on any atom is -0.278 e. The lowest BCUT2D eigenvalue weighted by molar-refractivity contribution is 0.584. The van der Waals surface area contributed by atoms with Crippen molar-refractivity contribution in [1.82, 2.24) is 0 Å². The molecule has 104 valence electrons. The van der Waals surface area contributed by atoms with Crippen LogP contribution in [0.15, 0.2) is 62.5 Å². The number of rotatable bonds is 2. The third-order valence-electron chi connectivity index (χ3n) is 2.68. The van der Waals surface area contributed by atoms with Crippen molar-refractivity contribution in [3.05, 3.63) is 68.6 Å². The van der Waals surface area contributed by atoms with Gasteiger partial charge in [-0.15, -0.1) is 0 Å². The molecule has 0 aliphatic heterocycles. The lowest BCUT2D eigenvalue weighted by Crippen LogP contribution is -2.16. The van der Waals surface area contributed by atoms with E-state index >= 15 is 0 Å². The summed E-state index contributed by atoms with van der Waals surface area (Å²) >= 11 is 6.95. The second-order valence-electron chi connectivity index (χ2n) is 5.65. The molecular formula is C17H17Br2N. The highest BCUT2D eigenvalue weighted by Crippen LogP contribution is 2.20. The Balaban J connectivity index is 2.53. The van der Waals surface area contributed by atoms with Gasteiger partial charge in [-0.05, 0) is 45.0 Å². The first-order valence-corrected chi connectivity index (χ1v) is 8.05. The third kappa shape index (κ3) is 4.29. The largest absolute Gasteiger partial charge is 0.278 e. The maximum absolute atomic E-state index is 4.89. The van der Waals surface area contributed by atoms with E-state index in [1.807, 2.05) is 24.3 Å². The molecule has 0 fully saturated rings. The van der Waals surface area contributed by atoms with Gasteiger partial charge < -0.3 is 0 Å². The summed E-state index contributed by atoms with van der Waals surface area (Å²) in [6.07, 6.45) is 0. The van der Waals surface area contributed by atoms with Crippen LogP contribution in [0.25, 0.3) is 0 Å². The molecule has 2 aromatic rings. The van der Waals surface area contributed by atoms with Gasteiger partial charge >= 0.3 is 0 Å². The first-order chi connectivity index (χ1) is 9.35. The molecule has 0 aliphatic rings. The Morgan fingerprint density at radius 1 is 0.750 bits per heavy atom. The van der Waals surface area contributed by atoms with Crippen molar-refractivity contribution in [2.24, 2.45) is 4.99 Å². The van der Waals surface area contributed by atoms with Crippen molar-refractivity contribution in [1.29, 1.82) is 0 Å². The summed E-state index contributed by atoms with van der Waals surface area (Å²) in [4.78, 5) is 4.89. The van der Waals surface area contributed by atoms with Crippen molar-refractivity contribution in [2.45, 2.75) is 26.3 Å². The van der Waals surface area contributed by atoms with E-state index in [2.05, 4.69) is 76.9 Å². The summed E-state index contributed by atoms with van der Waals surface area (Å²) in [6.45, 7) is 6.35. The molecular weight excluding hydrogens is 378 g/mol. The zero-order chi connectivity index (χ0) is 14.8. The number of hydrogen-bond donors (Lipinski definition) is 0. The van der Waals surface area contributed by atoms with E-state index in [-0.39, 0.29) is 5.54 Å². The molecule has 3 heteroatoms. The Morgan fingerprint density at radius 2 is 1.10 bits per heavy atom. The third-order valence-corrected chi connectivity index (χ3v) is 3.74. The number of aliphatic imine (C=N–C) groups is 1. The lowest BCUT2D eigenvalue weighted by Gasteiger charge is -2.17. The molecule has 0 saturated heterocycles. The van der Waals surface area contributed by atoms with Crippen molar-refractivity contribution < 1.29 is 0 Å². The van der Waals surface area contributed by atoms with E-state index in [0.717, 1.165) is 25.8 Å². The zero-order valence-corrected chi connectivity index (χ0v) is 15.0. The van der Waals surface area contributed by atoms with Crippen LogP contribution in [-0.4, -0.2) is 11.3 Å². The van der Waals surface area contributed by atoms with E-state index < -0.39 is 0 Å². The Labute approximate surface area is 137 Å². The van der Waals surface area contributed by atoms with E-state index in [0.29, 0.717) is 0 Å². The van der Waals surface area contributed by atoms with Crippen molar-refractivity contribution in [2.75, 3.05) is 0 Å². The summed E-state index contributed by atoms with van der Waals surface area (Å²) in [7, 11) is 0. The molecule has 0 atom stereocenters. The lowest BCUT2D eigenvalue weighted by atomic mass is 10.0. The summed E-state index contributed by atoms with van der Waals surface area (Å²) in [5.41, 5.74) is 3.17. The van der Waals surface area contributed by atoms with Gasteiger partial charge in [0, 0.05) is 20.1 Å². The van der Waals surface area contributed by atoms with E-state index in [4.69, 9.17) is 4.99 Å². The molecule has 0 spiro atoms. The molecule has 0 radical (unpaired) electrons. The van der Waals surface area contributed by atoms with Crippen molar-refractivity contribution in [3.63, 3.8) is 0 Å². The second kappa shape index (κ2) is 6.23. The predicted molar refractivity (Wildman–Crippen MR) is 93.7 cm³/mol. The van der Waals surface area contributed by atoms with Gasteiger partial charge in [-0.2, -0.15) is 0 Å². The smallest absolute Gasteiger partial charge is 0.0725 e. The van der Waals surface area contributed by atoms with Gasteiger partial charge in [-0.1, -0.05) is 56.1 Å². The number of halogens is 2. The van der Waals surface area contributed by atoms with Crippen molar-refractivity contribution in [3.8, 4) is 0 Å². The molecule has 0 unspecified atom stereocenters. The van der Waals surface area contributed by atoms with Gasteiger partial charge in [-0.25, -0.2) is 0 Å². The van der Waals surface area contributed by atoms with Crippen LogP contribution < -0.4 is 0 Å². The summed E-state index contributed by atoms with van der Waals surface area (Å²) < 4.78 is 2.15. The Hall–Kier alpha value is -0.930. The van der Waals surface area contributed by atoms with Crippen LogP contribution in [0.1, 0.15) is 31.9 Å². The molecule has 1 nitrogen and oxygen atoms in total. The van der Waals surface area contributed by atoms with Crippen LogP contribution in [-0.2, 0) is 0 Å². The molecule has 0 aliphatic carbocycles. The first kappa shape index (κ1) is 15.5. The fourth-order valence-corrected chi connectivity index (χ4v) is 2.38. The van der Waals surface area contributed by atoms with Crippen LogP contribution in [0.5, 0.6) is 0 Å². The maximum atomic E-state index is 4.89. The van der Waals surface area contributed by atoms with Crippen LogP contribution in [0.3, 0.4) is 0 Å². The summed E-state index contributed by atoms with van der Waals surface area (Å²) in [5, 5.41) is 0.